The van der Waals surface area contributed by atoms with Gasteiger partial charge in [-0.25, -0.2) is 0 Å². The van der Waals surface area contributed by atoms with Crippen LogP contribution in [0.25, 0.3) is 0 Å². The van der Waals surface area contributed by atoms with E-state index in [1.54, 1.807) is 0 Å². The number of nitrogens with zero attached hydrogens (tertiary/aromatic N) is 1. The van der Waals surface area contributed by atoms with Gasteiger partial charge in [-0.2, -0.15) is 17.8 Å². The summed E-state index contributed by atoms with van der Waals surface area (Å²) in [6, 6.07) is 0. The molecule has 1 heterocycles. The molecule has 1 fully saturated rings. The Labute approximate surface area is 91.9 Å². The molecule has 1 N–H and O–H groups in total. The van der Waals surface area contributed by atoms with E-state index in [1.165, 1.54) is 5.06 Å². The van der Waals surface area contributed by atoms with Crippen LogP contribution >= 0.6 is 0 Å². The lowest BCUT2D eigenvalue weighted by atomic mass is 10.3. The highest BCUT2D eigenvalue weighted by Crippen LogP contribution is 2.05. The largest absolute Gasteiger partial charge is 0.314 e. The molecular weight excluding hydrogens is 216 g/mol. The van der Waals surface area contributed by atoms with E-state index in [-0.39, 0.29) is 5.75 Å². The van der Waals surface area contributed by atoms with E-state index in [4.69, 9.17) is 4.28 Å². The van der Waals surface area contributed by atoms with Crippen LogP contribution in [0.15, 0.2) is 0 Å². The highest BCUT2D eigenvalue weighted by Gasteiger charge is 2.18. The molecule has 1 saturated heterocycles. The molecule has 0 bridgehead atoms. The van der Waals surface area contributed by atoms with Crippen molar-refractivity contribution in [2.45, 2.75) is 26.2 Å². The Morgan fingerprint density at radius 1 is 1.27 bits per heavy atom. The molecule has 0 spiro atoms. The van der Waals surface area contributed by atoms with Crippen LogP contribution in [0.5, 0.6) is 0 Å². The third-order valence-electron chi connectivity index (χ3n) is 2.29. The van der Waals surface area contributed by atoms with Gasteiger partial charge in [-0.3, -0.25) is 0 Å². The summed E-state index contributed by atoms with van der Waals surface area (Å²) in [5, 5.41) is 4.66. The lowest BCUT2D eigenvalue weighted by Crippen LogP contribution is -2.44. The van der Waals surface area contributed by atoms with Crippen LogP contribution in [-0.4, -0.2) is 45.4 Å². The molecule has 0 aromatic heterocycles. The summed E-state index contributed by atoms with van der Waals surface area (Å²) >= 11 is 0. The van der Waals surface area contributed by atoms with Crippen molar-refractivity contribution in [3.05, 3.63) is 0 Å². The van der Waals surface area contributed by atoms with Crippen molar-refractivity contribution < 1.29 is 12.7 Å². The van der Waals surface area contributed by atoms with Gasteiger partial charge in [-0.1, -0.05) is 19.8 Å². The summed E-state index contributed by atoms with van der Waals surface area (Å²) < 4.78 is 28.0. The third-order valence-corrected chi connectivity index (χ3v) is 3.52. The molecule has 6 heteroatoms. The maximum atomic E-state index is 11.5. The number of hydrogen-bond acceptors (Lipinski definition) is 5. The van der Waals surface area contributed by atoms with Crippen molar-refractivity contribution in [2.75, 3.05) is 31.9 Å². The van der Waals surface area contributed by atoms with Crippen LogP contribution in [0.1, 0.15) is 26.2 Å². The molecule has 1 aliphatic heterocycles. The molecule has 5 nitrogen and oxygen atoms in total. The first kappa shape index (κ1) is 12.9. The summed E-state index contributed by atoms with van der Waals surface area (Å²) in [5.41, 5.74) is 0. The van der Waals surface area contributed by atoms with Gasteiger partial charge in [0.1, 0.15) is 0 Å². The van der Waals surface area contributed by atoms with E-state index in [9.17, 15) is 8.42 Å². The smallest absolute Gasteiger partial charge is 0.283 e. The molecule has 1 rings (SSSR count). The van der Waals surface area contributed by atoms with Gasteiger partial charge in [0.25, 0.3) is 10.1 Å². The summed E-state index contributed by atoms with van der Waals surface area (Å²) in [5.74, 6) is 0.130. The van der Waals surface area contributed by atoms with E-state index >= 15 is 0 Å². The molecule has 0 aromatic rings. The molecule has 0 saturated carbocycles. The number of piperazine rings is 1. The quantitative estimate of drug-likeness (QED) is 0.674. The SMILES string of the molecule is CCCCCS(=O)(=O)ON1CCNCC1. The first-order valence-electron chi connectivity index (χ1n) is 5.52. The predicted octanol–water partition coefficient (Wildman–Crippen LogP) is 0.343. The van der Waals surface area contributed by atoms with E-state index < -0.39 is 10.1 Å². The molecular formula is C9H20N2O3S. The van der Waals surface area contributed by atoms with Crippen LogP contribution in [0.2, 0.25) is 0 Å². The van der Waals surface area contributed by atoms with Gasteiger partial charge in [0.05, 0.1) is 5.75 Å². The maximum Gasteiger partial charge on any atom is 0.283 e. The van der Waals surface area contributed by atoms with Gasteiger partial charge in [-0.15, -0.1) is 0 Å². The van der Waals surface area contributed by atoms with Crippen LogP contribution in [0.4, 0.5) is 0 Å². The predicted molar refractivity (Wildman–Crippen MR) is 58.8 cm³/mol. The van der Waals surface area contributed by atoms with Gasteiger partial charge in [0.2, 0.25) is 0 Å². The molecule has 0 amide bonds. The number of hydrogen-bond donors (Lipinski definition) is 1. The average Bonchev–Trinajstić information content (AvgIpc) is 2.18. The minimum Gasteiger partial charge on any atom is -0.314 e. The van der Waals surface area contributed by atoms with Gasteiger partial charge < -0.3 is 5.32 Å². The van der Waals surface area contributed by atoms with Gasteiger partial charge in [-0.05, 0) is 6.42 Å². The number of rotatable bonds is 6. The Morgan fingerprint density at radius 2 is 1.93 bits per heavy atom. The van der Waals surface area contributed by atoms with Crippen molar-refractivity contribution in [1.29, 1.82) is 0 Å². The summed E-state index contributed by atoms with van der Waals surface area (Å²) in [7, 11) is -3.36. The fraction of sp³-hybridized carbons (Fsp3) is 1.00. The van der Waals surface area contributed by atoms with E-state index in [1.807, 2.05) is 6.92 Å². The van der Waals surface area contributed by atoms with Crippen molar-refractivity contribution in [2.24, 2.45) is 0 Å². The van der Waals surface area contributed by atoms with Crippen molar-refractivity contribution >= 4 is 10.1 Å². The molecule has 0 unspecified atom stereocenters. The second-order valence-corrected chi connectivity index (χ2v) is 5.40. The minimum atomic E-state index is -3.36. The zero-order valence-electron chi connectivity index (χ0n) is 9.24. The molecule has 0 aromatic carbocycles. The second kappa shape index (κ2) is 6.42. The zero-order valence-corrected chi connectivity index (χ0v) is 10.1. The standard InChI is InChI=1S/C9H20N2O3S/c1-2-3-4-9-15(12,13)14-11-7-5-10-6-8-11/h10H,2-9H2,1H3. The second-order valence-electron chi connectivity index (χ2n) is 3.72. The van der Waals surface area contributed by atoms with Gasteiger partial charge in [0, 0.05) is 26.2 Å². The average molecular weight is 236 g/mol. The van der Waals surface area contributed by atoms with Crippen LogP contribution in [0.3, 0.4) is 0 Å². The Kier molecular flexibility index (Phi) is 5.52. The third kappa shape index (κ3) is 5.46. The topological polar surface area (TPSA) is 58.6 Å². The Morgan fingerprint density at radius 3 is 2.53 bits per heavy atom. The molecule has 0 atom stereocenters. The van der Waals surface area contributed by atoms with Crippen LogP contribution < -0.4 is 5.32 Å². The van der Waals surface area contributed by atoms with Gasteiger partial charge >= 0.3 is 0 Å². The van der Waals surface area contributed by atoms with Crippen molar-refractivity contribution in [3.63, 3.8) is 0 Å². The Hall–Kier alpha value is -0.170. The minimum absolute atomic E-state index is 0.130. The Bertz CT molecular complexity index is 261. The van der Waals surface area contributed by atoms with Crippen molar-refractivity contribution in [3.8, 4) is 0 Å². The molecule has 1 aliphatic rings. The summed E-state index contributed by atoms with van der Waals surface area (Å²) in [6.07, 6.45) is 2.64. The number of nitrogens with one attached hydrogen (secondary N) is 1. The lowest BCUT2D eigenvalue weighted by Gasteiger charge is -2.25. The Balaban J connectivity index is 2.27. The normalized spacial score (nSPS) is 19.3. The maximum absolute atomic E-state index is 11.5. The lowest BCUT2D eigenvalue weighted by molar-refractivity contribution is -0.0596. The fourth-order valence-corrected chi connectivity index (χ4v) is 2.55. The molecule has 15 heavy (non-hydrogen) atoms. The molecule has 0 radical (unpaired) electrons. The number of hydroxylamine groups is 2. The zero-order chi connectivity index (χ0) is 11.1. The van der Waals surface area contributed by atoms with Crippen LogP contribution in [0, 0.1) is 0 Å². The van der Waals surface area contributed by atoms with E-state index in [2.05, 4.69) is 5.32 Å². The highest BCUT2D eigenvalue weighted by molar-refractivity contribution is 7.86. The molecule has 90 valence electrons. The highest BCUT2D eigenvalue weighted by atomic mass is 32.2. The monoisotopic (exact) mass is 236 g/mol. The first-order valence-corrected chi connectivity index (χ1v) is 7.10. The summed E-state index contributed by atoms with van der Waals surface area (Å²) in [4.78, 5) is 0. The van der Waals surface area contributed by atoms with Crippen molar-refractivity contribution in [1.82, 2.24) is 10.4 Å². The van der Waals surface area contributed by atoms with E-state index in [0.29, 0.717) is 19.5 Å². The van der Waals surface area contributed by atoms with E-state index in [0.717, 1.165) is 25.9 Å². The summed E-state index contributed by atoms with van der Waals surface area (Å²) in [6.45, 7) is 4.87. The van der Waals surface area contributed by atoms with Crippen LogP contribution in [-0.2, 0) is 14.4 Å². The van der Waals surface area contributed by atoms with Gasteiger partial charge in [0.15, 0.2) is 0 Å². The fourth-order valence-electron chi connectivity index (χ4n) is 1.45. The molecule has 0 aliphatic carbocycles. The number of unbranched alkanes of at least 4 members (excludes halogenated alkanes) is 2. The first-order chi connectivity index (χ1) is 7.14.